The second kappa shape index (κ2) is 7.74. The van der Waals surface area contributed by atoms with Crippen molar-refractivity contribution in [3.8, 4) is 11.5 Å². The zero-order valence-corrected chi connectivity index (χ0v) is 15.3. The first kappa shape index (κ1) is 17.5. The van der Waals surface area contributed by atoms with Crippen LogP contribution < -0.4 is 20.1 Å². The topological polar surface area (TPSA) is 68.3 Å². The largest absolute Gasteiger partial charge is 0.493 e. The molecule has 6 nitrogen and oxygen atoms in total. The number of benzene rings is 2. The van der Waals surface area contributed by atoms with Crippen molar-refractivity contribution in [3.63, 3.8) is 0 Å². The average molecular weight is 350 g/mol. The Labute approximate surface area is 153 Å². The zero-order chi connectivity index (χ0) is 18.5. The second-order valence-corrected chi connectivity index (χ2v) is 5.90. The first-order valence-corrected chi connectivity index (χ1v) is 8.25. The van der Waals surface area contributed by atoms with Crippen molar-refractivity contribution in [3.05, 3.63) is 59.8 Å². The van der Waals surface area contributed by atoms with Gasteiger partial charge in [0, 0.05) is 23.6 Å². The number of nitrogens with zero attached hydrogens (tertiary/aromatic N) is 2. The van der Waals surface area contributed by atoms with E-state index in [1.807, 2.05) is 30.3 Å². The van der Waals surface area contributed by atoms with Gasteiger partial charge in [-0.05, 0) is 43.7 Å². The standard InChI is InChI=1S/C20H22N4O2/c1-13-5-7-16(14(2)11-13)23-19-9-10-21-20(24-19)22-15-6-8-17(25-3)18(12-15)26-4/h5-12H,1-4H3,(H2,21,22,23,24). The Morgan fingerprint density at radius 3 is 2.38 bits per heavy atom. The monoisotopic (exact) mass is 350 g/mol. The lowest BCUT2D eigenvalue weighted by Crippen LogP contribution is -2.01. The highest BCUT2D eigenvalue weighted by Crippen LogP contribution is 2.30. The molecule has 0 saturated carbocycles. The number of hydrogen-bond acceptors (Lipinski definition) is 6. The van der Waals surface area contributed by atoms with Crippen LogP contribution in [0.1, 0.15) is 11.1 Å². The van der Waals surface area contributed by atoms with Crippen LogP contribution in [0.5, 0.6) is 11.5 Å². The summed E-state index contributed by atoms with van der Waals surface area (Å²) in [5.41, 5.74) is 4.22. The van der Waals surface area contributed by atoms with Gasteiger partial charge in [-0.2, -0.15) is 4.98 Å². The third-order valence-electron chi connectivity index (χ3n) is 3.94. The highest BCUT2D eigenvalue weighted by atomic mass is 16.5. The van der Waals surface area contributed by atoms with Gasteiger partial charge in [0.1, 0.15) is 5.82 Å². The van der Waals surface area contributed by atoms with Gasteiger partial charge >= 0.3 is 0 Å². The molecule has 0 bridgehead atoms. The third kappa shape index (κ3) is 4.03. The Hall–Kier alpha value is -3.28. The van der Waals surface area contributed by atoms with E-state index in [-0.39, 0.29) is 0 Å². The van der Waals surface area contributed by atoms with Crippen LogP contribution in [-0.2, 0) is 0 Å². The van der Waals surface area contributed by atoms with Gasteiger partial charge in [0.25, 0.3) is 0 Å². The van der Waals surface area contributed by atoms with Gasteiger partial charge in [-0.15, -0.1) is 0 Å². The van der Waals surface area contributed by atoms with E-state index < -0.39 is 0 Å². The van der Waals surface area contributed by atoms with Gasteiger partial charge in [0.05, 0.1) is 14.2 Å². The van der Waals surface area contributed by atoms with E-state index in [2.05, 4.69) is 46.6 Å². The van der Waals surface area contributed by atoms with Crippen LogP contribution in [0.2, 0.25) is 0 Å². The third-order valence-corrected chi connectivity index (χ3v) is 3.94. The van der Waals surface area contributed by atoms with Gasteiger partial charge in [0.2, 0.25) is 5.95 Å². The molecule has 0 saturated heterocycles. The normalized spacial score (nSPS) is 10.3. The molecule has 0 spiro atoms. The Morgan fingerprint density at radius 1 is 0.846 bits per heavy atom. The lowest BCUT2D eigenvalue weighted by Gasteiger charge is -2.12. The highest BCUT2D eigenvalue weighted by Gasteiger charge is 2.07. The fourth-order valence-corrected chi connectivity index (χ4v) is 2.62. The van der Waals surface area contributed by atoms with E-state index >= 15 is 0 Å². The Bertz CT molecular complexity index is 912. The molecule has 6 heteroatoms. The van der Waals surface area contributed by atoms with Gasteiger partial charge in [-0.3, -0.25) is 0 Å². The van der Waals surface area contributed by atoms with E-state index in [1.54, 1.807) is 20.4 Å². The number of ether oxygens (including phenoxy) is 2. The summed E-state index contributed by atoms with van der Waals surface area (Å²) in [6.45, 7) is 4.14. The van der Waals surface area contributed by atoms with E-state index in [0.717, 1.165) is 22.8 Å². The van der Waals surface area contributed by atoms with E-state index in [9.17, 15) is 0 Å². The van der Waals surface area contributed by atoms with E-state index in [4.69, 9.17) is 9.47 Å². The van der Waals surface area contributed by atoms with Crippen molar-refractivity contribution in [1.29, 1.82) is 0 Å². The van der Waals surface area contributed by atoms with Crippen LogP contribution in [0.3, 0.4) is 0 Å². The zero-order valence-electron chi connectivity index (χ0n) is 15.3. The summed E-state index contributed by atoms with van der Waals surface area (Å²) < 4.78 is 10.6. The second-order valence-electron chi connectivity index (χ2n) is 5.90. The number of aromatic nitrogens is 2. The molecule has 0 aliphatic carbocycles. The summed E-state index contributed by atoms with van der Waals surface area (Å²) in [5.74, 6) is 2.52. The minimum absolute atomic E-state index is 0.493. The Balaban J connectivity index is 1.79. The summed E-state index contributed by atoms with van der Waals surface area (Å²) in [5, 5.41) is 6.51. The first-order chi connectivity index (χ1) is 12.6. The summed E-state index contributed by atoms with van der Waals surface area (Å²) in [6.07, 6.45) is 1.71. The highest BCUT2D eigenvalue weighted by molar-refractivity contribution is 5.63. The van der Waals surface area contributed by atoms with Crippen LogP contribution in [0.15, 0.2) is 48.7 Å². The molecule has 134 valence electrons. The van der Waals surface area contributed by atoms with Crippen molar-refractivity contribution in [1.82, 2.24) is 9.97 Å². The number of nitrogens with one attached hydrogen (secondary N) is 2. The maximum Gasteiger partial charge on any atom is 0.229 e. The molecule has 2 aromatic carbocycles. The van der Waals surface area contributed by atoms with E-state index in [0.29, 0.717) is 17.4 Å². The lowest BCUT2D eigenvalue weighted by atomic mass is 10.1. The molecule has 0 aliphatic rings. The molecule has 0 amide bonds. The van der Waals surface area contributed by atoms with Crippen molar-refractivity contribution in [2.75, 3.05) is 24.9 Å². The molecule has 3 rings (SSSR count). The smallest absolute Gasteiger partial charge is 0.229 e. The quantitative estimate of drug-likeness (QED) is 0.677. The summed E-state index contributed by atoms with van der Waals surface area (Å²) in [4.78, 5) is 8.80. The molecular formula is C20H22N4O2. The van der Waals surface area contributed by atoms with Crippen molar-refractivity contribution >= 4 is 23.1 Å². The number of aryl methyl sites for hydroxylation is 2. The first-order valence-electron chi connectivity index (χ1n) is 8.25. The molecular weight excluding hydrogens is 328 g/mol. The maximum absolute atomic E-state index is 5.32. The van der Waals surface area contributed by atoms with Crippen LogP contribution in [0.4, 0.5) is 23.1 Å². The minimum Gasteiger partial charge on any atom is -0.493 e. The summed E-state index contributed by atoms with van der Waals surface area (Å²) >= 11 is 0. The molecule has 3 aromatic rings. The van der Waals surface area contributed by atoms with Gasteiger partial charge in [-0.25, -0.2) is 4.98 Å². The predicted molar refractivity (Wildman–Crippen MR) is 104 cm³/mol. The molecule has 0 radical (unpaired) electrons. The average Bonchev–Trinajstić information content (AvgIpc) is 2.64. The minimum atomic E-state index is 0.493. The van der Waals surface area contributed by atoms with Gasteiger partial charge in [-0.1, -0.05) is 17.7 Å². The number of methoxy groups -OCH3 is 2. The Morgan fingerprint density at radius 2 is 1.65 bits per heavy atom. The molecule has 0 aliphatic heterocycles. The number of anilines is 4. The van der Waals surface area contributed by atoms with Crippen molar-refractivity contribution in [2.24, 2.45) is 0 Å². The van der Waals surface area contributed by atoms with Crippen molar-refractivity contribution < 1.29 is 9.47 Å². The molecule has 0 fully saturated rings. The SMILES string of the molecule is COc1ccc(Nc2nccc(Nc3ccc(C)cc3C)n2)cc1OC. The van der Waals surface area contributed by atoms with Crippen molar-refractivity contribution in [2.45, 2.75) is 13.8 Å². The van der Waals surface area contributed by atoms with Crippen LogP contribution in [0, 0.1) is 13.8 Å². The molecule has 26 heavy (non-hydrogen) atoms. The van der Waals surface area contributed by atoms with Crippen LogP contribution >= 0.6 is 0 Å². The number of hydrogen-bond donors (Lipinski definition) is 2. The molecule has 1 heterocycles. The molecule has 1 aromatic heterocycles. The molecule has 0 atom stereocenters. The fraction of sp³-hybridized carbons (Fsp3) is 0.200. The van der Waals surface area contributed by atoms with E-state index in [1.165, 1.54) is 5.56 Å². The summed E-state index contributed by atoms with van der Waals surface area (Å²) in [6, 6.07) is 13.6. The van der Waals surface area contributed by atoms with Gasteiger partial charge in [0.15, 0.2) is 11.5 Å². The predicted octanol–water partition coefficient (Wildman–Crippen LogP) is 4.60. The number of rotatable bonds is 6. The molecule has 0 unspecified atom stereocenters. The van der Waals surface area contributed by atoms with Crippen LogP contribution in [-0.4, -0.2) is 24.2 Å². The summed E-state index contributed by atoms with van der Waals surface area (Å²) in [7, 11) is 3.21. The molecule has 2 N–H and O–H groups in total. The Kier molecular flexibility index (Phi) is 5.22. The van der Waals surface area contributed by atoms with Crippen LogP contribution in [0.25, 0.3) is 0 Å². The maximum atomic E-state index is 5.32. The fourth-order valence-electron chi connectivity index (χ4n) is 2.62. The lowest BCUT2D eigenvalue weighted by molar-refractivity contribution is 0.355. The van der Waals surface area contributed by atoms with Gasteiger partial charge < -0.3 is 20.1 Å².